The van der Waals surface area contributed by atoms with Gasteiger partial charge >= 0.3 is 0 Å². The Morgan fingerprint density at radius 3 is 2.32 bits per heavy atom. The van der Waals surface area contributed by atoms with Crippen molar-refractivity contribution in [3.05, 3.63) is 99.6 Å². The molecule has 9 heteroatoms. The summed E-state index contributed by atoms with van der Waals surface area (Å²) in [5.74, 6) is -1.84. The Hall–Kier alpha value is -4.66. The molecule has 1 aliphatic heterocycles. The lowest BCUT2D eigenvalue weighted by molar-refractivity contribution is -0.384. The van der Waals surface area contributed by atoms with Crippen molar-refractivity contribution in [3.8, 4) is 5.75 Å². The van der Waals surface area contributed by atoms with E-state index in [0.717, 1.165) is 18.8 Å². The molecule has 1 atom stereocenters. The van der Waals surface area contributed by atoms with Crippen molar-refractivity contribution in [1.29, 1.82) is 0 Å². The number of carbonyl (C=O) groups excluding carboxylic acids is 2. The van der Waals surface area contributed by atoms with Gasteiger partial charge in [0.1, 0.15) is 11.5 Å². The van der Waals surface area contributed by atoms with Crippen LogP contribution in [0.25, 0.3) is 5.76 Å². The highest BCUT2D eigenvalue weighted by Crippen LogP contribution is 2.45. The number of nitro groups is 1. The van der Waals surface area contributed by atoms with E-state index < -0.39 is 28.4 Å². The molecular weight excluding hydrogens is 474 g/mol. The Balaban J connectivity index is 1.94. The number of rotatable bonds is 8. The van der Waals surface area contributed by atoms with E-state index in [1.54, 1.807) is 24.3 Å². The molecule has 3 aromatic carbocycles. The van der Waals surface area contributed by atoms with E-state index in [-0.39, 0.29) is 16.8 Å². The van der Waals surface area contributed by atoms with Crippen LogP contribution in [0.3, 0.4) is 0 Å². The number of hydrogen-bond acceptors (Lipinski definition) is 7. The van der Waals surface area contributed by atoms with E-state index in [1.807, 2.05) is 38.1 Å². The highest BCUT2D eigenvalue weighted by molar-refractivity contribution is 6.52. The van der Waals surface area contributed by atoms with Crippen molar-refractivity contribution in [1.82, 2.24) is 0 Å². The summed E-state index contributed by atoms with van der Waals surface area (Å²) in [6.07, 6.45) is 0. The zero-order valence-corrected chi connectivity index (χ0v) is 20.7. The molecule has 1 saturated heterocycles. The topological polar surface area (TPSA) is 113 Å². The summed E-state index contributed by atoms with van der Waals surface area (Å²) in [5.41, 5.74) is 1.59. The number of nitrogens with zero attached hydrogens (tertiary/aromatic N) is 3. The van der Waals surface area contributed by atoms with Gasteiger partial charge in [-0.05, 0) is 43.7 Å². The fraction of sp³-hybridized carbons (Fsp3) is 0.214. The van der Waals surface area contributed by atoms with E-state index in [9.17, 15) is 24.8 Å². The Labute approximate surface area is 214 Å². The number of non-ortho nitro benzene ring substituents is 1. The first kappa shape index (κ1) is 25.4. The molecule has 0 bridgehead atoms. The highest BCUT2D eigenvalue weighted by atomic mass is 16.6. The van der Waals surface area contributed by atoms with Crippen molar-refractivity contribution in [2.45, 2.75) is 19.9 Å². The number of anilines is 2. The van der Waals surface area contributed by atoms with Gasteiger partial charge in [0.05, 0.1) is 29.3 Å². The van der Waals surface area contributed by atoms with E-state index in [0.29, 0.717) is 17.0 Å². The van der Waals surface area contributed by atoms with E-state index in [1.165, 1.54) is 36.3 Å². The fourth-order valence-corrected chi connectivity index (χ4v) is 4.60. The highest BCUT2D eigenvalue weighted by Gasteiger charge is 2.47. The first-order valence-electron chi connectivity index (χ1n) is 11.9. The molecule has 0 radical (unpaired) electrons. The third-order valence-electron chi connectivity index (χ3n) is 6.46. The monoisotopic (exact) mass is 501 g/mol. The lowest BCUT2D eigenvalue weighted by Crippen LogP contribution is -2.30. The van der Waals surface area contributed by atoms with Crippen LogP contribution in [0, 0.1) is 10.1 Å². The minimum atomic E-state index is -0.985. The van der Waals surface area contributed by atoms with Crippen LogP contribution in [0.2, 0.25) is 0 Å². The molecule has 1 amide bonds. The molecule has 1 fully saturated rings. The van der Waals surface area contributed by atoms with Gasteiger partial charge in [-0.25, -0.2) is 0 Å². The number of benzene rings is 3. The van der Waals surface area contributed by atoms with E-state index in [4.69, 9.17) is 4.74 Å². The standard InChI is InChI=1S/C28H27N3O6/c1-4-29(5-2)20-15-13-18(14-16-20)25-24(26(32)19-9-8-10-21(17-19)31(35)36)27(33)28(34)30(25)22-11-6-7-12-23(22)37-3/h6-17,25,32H,4-5H2,1-3H3/b26-24-. The van der Waals surface area contributed by atoms with Gasteiger partial charge in [0, 0.05) is 36.5 Å². The lowest BCUT2D eigenvalue weighted by atomic mass is 9.94. The first-order chi connectivity index (χ1) is 17.8. The largest absolute Gasteiger partial charge is 0.507 e. The Kier molecular flexibility index (Phi) is 7.24. The molecule has 0 saturated carbocycles. The van der Waals surface area contributed by atoms with Crippen LogP contribution in [0.4, 0.5) is 17.1 Å². The van der Waals surface area contributed by atoms with Gasteiger partial charge in [-0.2, -0.15) is 0 Å². The maximum Gasteiger partial charge on any atom is 0.300 e. The molecule has 0 spiro atoms. The summed E-state index contributed by atoms with van der Waals surface area (Å²) >= 11 is 0. The number of hydrogen-bond donors (Lipinski definition) is 1. The molecule has 1 N–H and O–H groups in total. The number of amides is 1. The Morgan fingerprint density at radius 2 is 1.70 bits per heavy atom. The second kappa shape index (κ2) is 10.5. The van der Waals surface area contributed by atoms with E-state index >= 15 is 0 Å². The molecule has 0 aromatic heterocycles. The normalized spacial score (nSPS) is 16.6. The van der Waals surface area contributed by atoms with Crippen LogP contribution in [-0.4, -0.2) is 41.9 Å². The van der Waals surface area contributed by atoms with Crippen molar-refractivity contribution in [2.24, 2.45) is 0 Å². The number of carbonyl (C=O) groups is 2. The average molecular weight is 502 g/mol. The van der Waals surface area contributed by atoms with Gasteiger partial charge in [0.25, 0.3) is 17.4 Å². The van der Waals surface area contributed by atoms with Crippen molar-refractivity contribution in [3.63, 3.8) is 0 Å². The van der Waals surface area contributed by atoms with Gasteiger partial charge in [0.15, 0.2) is 0 Å². The second-order valence-electron chi connectivity index (χ2n) is 8.41. The number of ether oxygens (including phenoxy) is 1. The Bertz CT molecular complexity index is 1380. The van der Waals surface area contributed by atoms with Gasteiger partial charge in [-0.3, -0.25) is 24.6 Å². The summed E-state index contributed by atoms with van der Waals surface area (Å²) in [5, 5.41) is 22.6. The molecule has 9 nitrogen and oxygen atoms in total. The molecule has 3 aromatic rings. The third-order valence-corrected chi connectivity index (χ3v) is 6.46. The number of aliphatic hydroxyl groups is 1. The van der Waals surface area contributed by atoms with Crippen LogP contribution in [0.15, 0.2) is 78.4 Å². The number of aliphatic hydroxyl groups excluding tert-OH is 1. The molecule has 1 heterocycles. The van der Waals surface area contributed by atoms with Crippen LogP contribution < -0.4 is 14.5 Å². The SMILES string of the molecule is CCN(CC)c1ccc(C2/C(=C(/O)c3cccc([N+](=O)[O-])c3)C(=O)C(=O)N2c2ccccc2OC)cc1. The number of Topliss-reactive ketones (excluding diaryl/α,β-unsaturated/α-hetero) is 1. The summed E-state index contributed by atoms with van der Waals surface area (Å²) in [7, 11) is 1.46. The minimum absolute atomic E-state index is 0.0667. The minimum Gasteiger partial charge on any atom is -0.507 e. The molecule has 4 rings (SSSR count). The summed E-state index contributed by atoms with van der Waals surface area (Å²) in [4.78, 5) is 41.0. The van der Waals surface area contributed by atoms with Crippen LogP contribution in [-0.2, 0) is 9.59 Å². The molecule has 1 unspecified atom stereocenters. The van der Waals surface area contributed by atoms with Crippen molar-refractivity contribution >= 4 is 34.5 Å². The Morgan fingerprint density at radius 1 is 1.03 bits per heavy atom. The number of nitro benzene ring substituents is 1. The van der Waals surface area contributed by atoms with Crippen molar-refractivity contribution in [2.75, 3.05) is 30.0 Å². The van der Waals surface area contributed by atoms with Crippen LogP contribution >= 0.6 is 0 Å². The third kappa shape index (κ3) is 4.63. The molecule has 190 valence electrons. The van der Waals surface area contributed by atoms with Gasteiger partial charge in [-0.15, -0.1) is 0 Å². The molecule has 37 heavy (non-hydrogen) atoms. The molecular formula is C28H27N3O6. The van der Waals surface area contributed by atoms with Crippen molar-refractivity contribution < 1.29 is 24.4 Å². The van der Waals surface area contributed by atoms with Crippen LogP contribution in [0.1, 0.15) is 31.0 Å². The predicted octanol–water partition coefficient (Wildman–Crippen LogP) is 5.08. The average Bonchev–Trinajstić information content (AvgIpc) is 3.19. The number of para-hydroxylation sites is 2. The van der Waals surface area contributed by atoms with Gasteiger partial charge in [-0.1, -0.05) is 36.4 Å². The van der Waals surface area contributed by atoms with Gasteiger partial charge < -0.3 is 14.7 Å². The fourth-order valence-electron chi connectivity index (χ4n) is 4.60. The zero-order chi connectivity index (χ0) is 26.7. The number of methoxy groups -OCH3 is 1. The maximum absolute atomic E-state index is 13.4. The molecule has 0 aliphatic carbocycles. The molecule has 1 aliphatic rings. The summed E-state index contributed by atoms with van der Waals surface area (Å²) < 4.78 is 5.46. The van der Waals surface area contributed by atoms with Crippen LogP contribution in [0.5, 0.6) is 5.75 Å². The summed E-state index contributed by atoms with van der Waals surface area (Å²) in [6.45, 7) is 5.71. The zero-order valence-electron chi connectivity index (χ0n) is 20.7. The number of ketones is 1. The lowest BCUT2D eigenvalue weighted by Gasteiger charge is -2.27. The van der Waals surface area contributed by atoms with E-state index in [2.05, 4.69) is 4.90 Å². The second-order valence-corrected chi connectivity index (χ2v) is 8.41. The quantitative estimate of drug-likeness (QED) is 0.151. The maximum atomic E-state index is 13.4. The predicted molar refractivity (Wildman–Crippen MR) is 141 cm³/mol. The first-order valence-corrected chi connectivity index (χ1v) is 11.9. The van der Waals surface area contributed by atoms with Gasteiger partial charge in [0.2, 0.25) is 0 Å². The smallest absolute Gasteiger partial charge is 0.300 e. The summed E-state index contributed by atoms with van der Waals surface area (Å²) in [6, 6.07) is 18.6.